The van der Waals surface area contributed by atoms with Gasteiger partial charge in [-0.25, -0.2) is 4.79 Å². The lowest BCUT2D eigenvalue weighted by molar-refractivity contribution is -0.383. The van der Waals surface area contributed by atoms with E-state index >= 15 is 0 Å². The van der Waals surface area contributed by atoms with Crippen LogP contribution in [-0.4, -0.2) is 16.7 Å². The van der Waals surface area contributed by atoms with E-state index < -0.39 is 23.7 Å². The normalized spacial score (nSPS) is 17.0. The van der Waals surface area contributed by atoms with Crippen molar-refractivity contribution in [2.45, 2.75) is 32.6 Å². The highest BCUT2D eigenvalue weighted by Crippen LogP contribution is 2.41. The molecule has 0 bridgehead atoms. The minimum Gasteiger partial charge on any atom is -0.457 e. The topological polar surface area (TPSA) is 90.7 Å². The smallest absolute Gasteiger partial charge is 0.337 e. The molecular formula is C25H24N2O5. The van der Waals surface area contributed by atoms with Gasteiger partial charge in [0.15, 0.2) is 0 Å². The molecule has 0 radical (unpaired) electrons. The maximum absolute atomic E-state index is 12.2. The minimum atomic E-state index is -1.12. The molecule has 4 rings (SSSR count). The zero-order chi connectivity index (χ0) is 22.9. The van der Waals surface area contributed by atoms with Gasteiger partial charge in [0.05, 0.1) is 28.0 Å². The van der Waals surface area contributed by atoms with Crippen molar-refractivity contribution in [3.05, 3.63) is 94.2 Å². The van der Waals surface area contributed by atoms with Crippen molar-refractivity contribution in [1.29, 1.82) is 0 Å². The van der Waals surface area contributed by atoms with Crippen molar-refractivity contribution in [3.63, 3.8) is 0 Å². The Morgan fingerprint density at radius 3 is 2.34 bits per heavy atom. The molecule has 1 aliphatic rings. The van der Waals surface area contributed by atoms with Crippen LogP contribution in [0.5, 0.6) is 0 Å². The van der Waals surface area contributed by atoms with Gasteiger partial charge in [0.25, 0.3) is 5.69 Å². The number of nitrogens with zero attached hydrogens (tertiary/aromatic N) is 1. The summed E-state index contributed by atoms with van der Waals surface area (Å²) in [6.45, 7) is 5.19. The van der Waals surface area contributed by atoms with Crippen LogP contribution in [0.1, 0.15) is 32.4 Å². The van der Waals surface area contributed by atoms with Gasteiger partial charge in [-0.05, 0) is 29.7 Å². The largest absolute Gasteiger partial charge is 0.457 e. The van der Waals surface area contributed by atoms with Crippen LogP contribution in [0.2, 0.25) is 0 Å². The molecule has 164 valence electrons. The number of nitro benzene ring substituents is 1. The van der Waals surface area contributed by atoms with Crippen LogP contribution in [0.4, 0.5) is 11.4 Å². The average Bonchev–Trinajstić information content (AvgIpc) is 2.75. The number of nitro groups is 1. The van der Waals surface area contributed by atoms with Crippen molar-refractivity contribution >= 4 is 28.1 Å². The molecule has 0 saturated heterocycles. The number of benzene rings is 3. The lowest BCUT2D eigenvalue weighted by Crippen LogP contribution is -2.37. The molecule has 3 aromatic rings. The summed E-state index contributed by atoms with van der Waals surface area (Å²) >= 11 is 0. The Kier molecular flexibility index (Phi) is 5.57. The fourth-order valence-corrected chi connectivity index (χ4v) is 4.02. The first kappa shape index (κ1) is 21.4. The monoisotopic (exact) mass is 432 g/mol. The van der Waals surface area contributed by atoms with Gasteiger partial charge in [-0.1, -0.05) is 49.4 Å². The summed E-state index contributed by atoms with van der Waals surface area (Å²) in [6, 6.07) is 19.8. The summed E-state index contributed by atoms with van der Waals surface area (Å²) in [5.74, 6) is -1.64. The van der Waals surface area contributed by atoms with Gasteiger partial charge in [-0.3, -0.25) is 10.1 Å². The molecule has 0 unspecified atom stereocenters. The molecule has 0 amide bonds. The summed E-state index contributed by atoms with van der Waals surface area (Å²) in [5.41, 5.74) is 1.33. The molecule has 0 spiro atoms. The molecule has 32 heavy (non-hydrogen) atoms. The number of nitrogens with one attached hydrogen (secondary N) is 1. The second-order valence-corrected chi connectivity index (χ2v) is 8.23. The molecule has 3 aromatic carbocycles. The molecule has 1 aliphatic heterocycles. The predicted molar refractivity (Wildman–Crippen MR) is 122 cm³/mol. The SMILES string of the molecule is C[C@H](C1=CC(=O)OC(C)(C)O1)[C@@H](Nc1ccccc1)c1ccc2ccccc2c1[N+](=O)[O-]. The van der Waals surface area contributed by atoms with Gasteiger partial charge < -0.3 is 14.8 Å². The van der Waals surface area contributed by atoms with Crippen molar-refractivity contribution in [2.75, 3.05) is 5.32 Å². The Morgan fingerprint density at radius 1 is 0.969 bits per heavy atom. The number of anilines is 1. The fourth-order valence-electron chi connectivity index (χ4n) is 4.02. The number of fused-ring (bicyclic) bond motifs is 1. The molecule has 0 aliphatic carbocycles. The van der Waals surface area contributed by atoms with Crippen LogP contribution in [-0.2, 0) is 14.3 Å². The van der Waals surface area contributed by atoms with Crippen molar-refractivity contribution in [3.8, 4) is 0 Å². The molecule has 1 N–H and O–H groups in total. The maximum Gasteiger partial charge on any atom is 0.337 e. The number of para-hydroxylation sites is 1. The van der Waals surface area contributed by atoms with E-state index in [0.717, 1.165) is 11.1 Å². The Balaban J connectivity index is 1.86. The average molecular weight is 432 g/mol. The van der Waals surface area contributed by atoms with Gasteiger partial charge in [0.1, 0.15) is 5.76 Å². The van der Waals surface area contributed by atoms with Gasteiger partial charge in [0, 0.05) is 25.5 Å². The van der Waals surface area contributed by atoms with Gasteiger partial charge in [-0.2, -0.15) is 0 Å². The summed E-state index contributed by atoms with van der Waals surface area (Å²) in [7, 11) is 0. The number of hydrogen-bond acceptors (Lipinski definition) is 6. The third-order valence-corrected chi connectivity index (χ3v) is 5.46. The number of rotatable bonds is 6. The quantitative estimate of drug-likeness (QED) is 0.304. The Morgan fingerprint density at radius 2 is 1.66 bits per heavy atom. The van der Waals surface area contributed by atoms with E-state index in [1.165, 1.54) is 6.08 Å². The van der Waals surface area contributed by atoms with E-state index in [4.69, 9.17) is 9.47 Å². The molecule has 1 heterocycles. The summed E-state index contributed by atoms with van der Waals surface area (Å²) < 4.78 is 11.2. The summed E-state index contributed by atoms with van der Waals surface area (Å²) in [4.78, 5) is 24.0. The van der Waals surface area contributed by atoms with E-state index in [1.807, 2.05) is 55.5 Å². The van der Waals surface area contributed by atoms with Crippen LogP contribution >= 0.6 is 0 Å². The number of hydrogen-bond donors (Lipinski definition) is 1. The van der Waals surface area contributed by atoms with Crippen LogP contribution in [0.3, 0.4) is 0 Å². The number of ether oxygens (including phenoxy) is 2. The number of cyclic esters (lactones) is 1. The van der Waals surface area contributed by atoms with Gasteiger partial charge in [-0.15, -0.1) is 0 Å². The first-order valence-electron chi connectivity index (χ1n) is 10.4. The van der Waals surface area contributed by atoms with E-state index in [9.17, 15) is 14.9 Å². The third kappa shape index (κ3) is 4.27. The zero-order valence-corrected chi connectivity index (χ0v) is 18.1. The third-order valence-electron chi connectivity index (χ3n) is 5.46. The second kappa shape index (κ2) is 8.34. The van der Waals surface area contributed by atoms with Gasteiger partial charge in [0.2, 0.25) is 5.79 Å². The van der Waals surface area contributed by atoms with Crippen LogP contribution in [0, 0.1) is 16.0 Å². The second-order valence-electron chi connectivity index (χ2n) is 8.23. The first-order valence-corrected chi connectivity index (χ1v) is 10.4. The number of esters is 1. The zero-order valence-electron chi connectivity index (χ0n) is 18.1. The molecule has 0 aromatic heterocycles. The maximum atomic E-state index is 12.2. The highest BCUT2D eigenvalue weighted by molar-refractivity contribution is 5.92. The Bertz CT molecular complexity index is 1200. The van der Waals surface area contributed by atoms with Crippen molar-refractivity contribution in [1.82, 2.24) is 0 Å². The number of carbonyl (C=O) groups is 1. The van der Waals surface area contributed by atoms with E-state index in [1.54, 1.807) is 32.0 Å². The molecule has 0 fully saturated rings. The molecule has 0 saturated carbocycles. The standard InChI is InChI=1S/C25H24N2O5/c1-16(21-15-22(28)32-25(2,3)31-21)23(26-18-10-5-4-6-11-18)20-14-13-17-9-7-8-12-19(17)24(20)27(29)30/h4-16,23,26H,1-3H3/t16-,23-/m1/s1. The summed E-state index contributed by atoms with van der Waals surface area (Å²) in [6.07, 6.45) is 1.31. The minimum absolute atomic E-state index is 0.0293. The van der Waals surface area contributed by atoms with E-state index in [2.05, 4.69) is 5.32 Å². The molecule has 2 atom stereocenters. The van der Waals surface area contributed by atoms with Crippen molar-refractivity contribution in [2.24, 2.45) is 5.92 Å². The van der Waals surface area contributed by atoms with Crippen LogP contribution < -0.4 is 5.32 Å². The molecular weight excluding hydrogens is 408 g/mol. The van der Waals surface area contributed by atoms with Gasteiger partial charge >= 0.3 is 5.97 Å². The Labute approximate surface area is 185 Å². The van der Waals surface area contributed by atoms with E-state index in [0.29, 0.717) is 16.7 Å². The molecule has 7 heteroatoms. The fraction of sp³-hybridized carbons (Fsp3) is 0.240. The van der Waals surface area contributed by atoms with E-state index in [-0.39, 0.29) is 10.6 Å². The lowest BCUT2D eigenvalue weighted by atomic mass is 9.89. The Hall–Kier alpha value is -3.87. The highest BCUT2D eigenvalue weighted by atomic mass is 16.7. The predicted octanol–water partition coefficient (Wildman–Crippen LogP) is 5.73. The molecule has 7 nitrogen and oxygen atoms in total. The lowest BCUT2D eigenvalue weighted by Gasteiger charge is -2.35. The van der Waals surface area contributed by atoms with Crippen molar-refractivity contribution < 1.29 is 19.2 Å². The van der Waals surface area contributed by atoms with Crippen LogP contribution in [0.15, 0.2) is 78.6 Å². The van der Waals surface area contributed by atoms with Crippen LogP contribution in [0.25, 0.3) is 10.8 Å². The highest BCUT2D eigenvalue weighted by Gasteiger charge is 2.37. The number of carbonyl (C=O) groups excluding carboxylic acids is 1. The summed E-state index contributed by atoms with van der Waals surface area (Å²) in [5, 5.41) is 17.0. The first-order chi connectivity index (χ1) is 15.2.